The average molecular weight is 265 g/mol. The van der Waals surface area contributed by atoms with Crippen LogP contribution < -0.4 is 4.74 Å². The third-order valence-electron chi connectivity index (χ3n) is 3.36. The van der Waals surface area contributed by atoms with Crippen molar-refractivity contribution in [2.75, 3.05) is 13.1 Å². The van der Waals surface area contributed by atoms with Gasteiger partial charge >= 0.3 is 0 Å². The van der Waals surface area contributed by atoms with E-state index in [1.807, 2.05) is 18.7 Å². The van der Waals surface area contributed by atoms with Gasteiger partial charge in [0.05, 0.1) is 0 Å². The van der Waals surface area contributed by atoms with Gasteiger partial charge in [-0.2, -0.15) is 0 Å². The number of halogens is 1. The maximum Gasteiger partial charge on any atom is 0.225 e. The number of likely N-dealkylation sites (tertiary alicyclic amines) is 1. The minimum absolute atomic E-state index is 0.0505. The number of carbonyl (C=O) groups excluding carboxylic acids is 1. The molecule has 1 amide bonds. The molecule has 4 heteroatoms. The maximum atomic E-state index is 12.8. The lowest BCUT2D eigenvalue weighted by Gasteiger charge is -2.33. The third kappa shape index (κ3) is 3.69. The Kier molecular flexibility index (Phi) is 4.40. The number of nitrogens with zero attached hydrogens (tertiary/aromatic N) is 1. The number of rotatable bonds is 3. The monoisotopic (exact) mass is 265 g/mol. The van der Waals surface area contributed by atoms with Crippen molar-refractivity contribution >= 4 is 5.91 Å². The molecule has 0 atom stereocenters. The van der Waals surface area contributed by atoms with Crippen molar-refractivity contribution in [2.24, 2.45) is 5.92 Å². The maximum absolute atomic E-state index is 12.8. The van der Waals surface area contributed by atoms with Gasteiger partial charge in [0.25, 0.3) is 0 Å². The van der Waals surface area contributed by atoms with E-state index in [0.29, 0.717) is 5.75 Å². The van der Waals surface area contributed by atoms with Gasteiger partial charge < -0.3 is 9.64 Å². The van der Waals surface area contributed by atoms with Gasteiger partial charge in [0, 0.05) is 31.8 Å². The first-order valence-corrected chi connectivity index (χ1v) is 6.77. The Morgan fingerprint density at radius 2 is 1.84 bits per heavy atom. The van der Waals surface area contributed by atoms with E-state index in [9.17, 15) is 9.18 Å². The normalized spacial score (nSPS) is 16.7. The predicted molar refractivity (Wildman–Crippen MR) is 71.5 cm³/mol. The molecule has 3 nitrogen and oxygen atoms in total. The van der Waals surface area contributed by atoms with Crippen LogP contribution in [0.5, 0.6) is 5.75 Å². The highest BCUT2D eigenvalue weighted by molar-refractivity contribution is 5.78. The number of benzene rings is 1. The Hall–Kier alpha value is -1.58. The van der Waals surface area contributed by atoms with Crippen LogP contribution in [-0.2, 0) is 4.79 Å². The third-order valence-corrected chi connectivity index (χ3v) is 3.36. The summed E-state index contributed by atoms with van der Waals surface area (Å²) in [6.45, 7) is 5.32. The number of ether oxygens (including phenoxy) is 1. The Balaban J connectivity index is 1.83. The molecule has 1 aliphatic heterocycles. The van der Waals surface area contributed by atoms with E-state index < -0.39 is 0 Å². The summed E-state index contributed by atoms with van der Waals surface area (Å²) in [6, 6.07) is 6.07. The summed E-state index contributed by atoms with van der Waals surface area (Å²) in [5.74, 6) is 0.689. The molecule has 0 aromatic heterocycles. The van der Waals surface area contributed by atoms with E-state index in [4.69, 9.17) is 4.74 Å². The molecule has 0 N–H and O–H groups in total. The van der Waals surface area contributed by atoms with Crippen LogP contribution in [0, 0.1) is 11.7 Å². The number of amides is 1. The van der Waals surface area contributed by atoms with Crippen LogP contribution >= 0.6 is 0 Å². The molecule has 0 spiro atoms. The Morgan fingerprint density at radius 3 is 2.37 bits per heavy atom. The summed E-state index contributed by atoms with van der Waals surface area (Å²) in [5, 5.41) is 0. The van der Waals surface area contributed by atoms with Crippen molar-refractivity contribution in [3.05, 3.63) is 30.1 Å². The minimum atomic E-state index is -0.260. The largest absolute Gasteiger partial charge is 0.490 e. The molecule has 1 aromatic rings. The Bertz CT molecular complexity index is 422. The van der Waals surface area contributed by atoms with E-state index in [2.05, 4.69) is 0 Å². The van der Waals surface area contributed by atoms with Crippen LogP contribution in [0.25, 0.3) is 0 Å². The van der Waals surface area contributed by atoms with Crippen LogP contribution in [0.1, 0.15) is 26.7 Å². The molecule has 0 radical (unpaired) electrons. The summed E-state index contributed by atoms with van der Waals surface area (Å²) in [4.78, 5) is 13.7. The number of carbonyl (C=O) groups is 1. The van der Waals surface area contributed by atoms with Crippen molar-refractivity contribution in [2.45, 2.75) is 32.8 Å². The molecule has 1 aliphatic rings. The zero-order valence-electron chi connectivity index (χ0n) is 11.4. The van der Waals surface area contributed by atoms with Gasteiger partial charge in [0.1, 0.15) is 17.7 Å². The number of piperidine rings is 1. The van der Waals surface area contributed by atoms with Crippen LogP contribution in [0.3, 0.4) is 0 Å². The lowest BCUT2D eigenvalue weighted by atomic mass is 10.1. The second-order valence-corrected chi connectivity index (χ2v) is 5.25. The summed E-state index contributed by atoms with van der Waals surface area (Å²) in [7, 11) is 0. The van der Waals surface area contributed by atoms with Crippen molar-refractivity contribution in [3.8, 4) is 5.75 Å². The molecular formula is C15H20FNO2. The summed E-state index contributed by atoms with van der Waals surface area (Å²) in [5.41, 5.74) is 0. The highest BCUT2D eigenvalue weighted by Gasteiger charge is 2.25. The number of hydrogen-bond acceptors (Lipinski definition) is 2. The van der Waals surface area contributed by atoms with Crippen LogP contribution in [-0.4, -0.2) is 30.0 Å². The van der Waals surface area contributed by atoms with Gasteiger partial charge in [-0.25, -0.2) is 4.39 Å². The van der Waals surface area contributed by atoms with E-state index in [1.165, 1.54) is 12.1 Å². The molecule has 1 saturated heterocycles. The molecule has 1 fully saturated rings. The Labute approximate surface area is 113 Å². The predicted octanol–water partition coefficient (Wildman–Crippen LogP) is 2.85. The topological polar surface area (TPSA) is 29.5 Å². The molecule has 104 valence electrons. The van der Waals surface area contributed by atoms with Gasteiger partial charge in [0.2, 0.25) is 5.91 Å². The van der Waals surface area contributed by atoms with E-state index in [-0.39, 0.29) is 23.7 Å². The standard InChI is InChI=1S/C15H20FNO2/c1-11(2)15(18)17-9-7-14(8-10-17)19-13-5-3-12(16)4-6-13/h3-6,11,14H,7-10H2,1-2H3. The smallest absolute Gasteiger partial charge is 0.225 e. The second kappa shape index (κ2) is 6.04. The van der Waals surface area contributed by atoms with Crippen molar-refractivity contribution in [3.63, 3.8) is 0 Å². The lowest BCUT2D eigenvalue weighted by Crippen LogP contribution is -2.43. The fourth-order valence-corrected chi connectivity index (χ4v) is 2.26. The van der Waals surface area contributed by atoms with Crippen LogP contribution in [0.4, 0.5) is 4.39 Å². The van der Waals surface area contributed by atoms with E-state index in [1.54, 1.807) is 12.1 Å². The summed E-state index contributed by atoms with van der Waals surface area (Å²) >= 11 is 0. The molecule has 1 heterocycles. The molecule has 0 aliphatic carbocycles. The lowest BCUT2D eigenvalue weighted by molar-refractivity contribution is -0.136. The molecule has 2 rings (SSSR count). The van der Waals surface area contributed by atoms with Crippen LogP contribution in [0.15, 0.2) is 24.3 Å². The van der Waals surface area contributed by atoms with Gasteiger partial charge in [0.15, 0.2) is 0 Å². The van der Waals surface area contributed by atoms with Gasteiger partial charge in [-0.05, 0) is 24.3 Å². The first kappa shape index (κ1) is 13.8. The van der Waals surface area contributed by atoms with Crippen LogP contribution in [0.2, 0.25) is 0 Å². The molecule has 0 unspecified atom stereocenters. The molecular weight excluding hydrogens is 245 g/mol. The molecule has 0 saturated carbocycles. The van der Waals surface area contributed by atoms with Gasteiger partial charge in [-0.3, -0.25) is 4.79 Å². The Morgan fingerprint density at radius 1 is 1.26 bits per heavy atom. The fraction of sp³-hybridized carbons (Fsp3) is 0.533. The zero-order chi connectivity index (χ0) is 13.8. The zero-order valence-corrected chi connectivity index (χ0v) is 11.4. The van der Waals surface area contributed by atoms with Gasteiger partial charge in [-0.1, -0.05) is 13.8 Å². The minimum Gasteiger partial charge on any atom is -0.490 e. The SMILES string of the molecule is CC(C)C(=O)N1CCC(Oc2ccc(F)cc2)CC1. The molecule has 19 heavy (non-hydrogen) atoms. The average Bonchev–Trinajstić information content (AvgIpc) is 2.41. The summed E-state index contributed by atoms with van der Waals surface area (Å²) in [6.07, 6.45) is 1.77. The van der Waals surface area contributed by atoms with E-state index >= 15 is 0 Å². The van der Waals surface area contributed by atoms with E-state index in [0.717, 1.165) is 25.9 Å². The van der Waals surface area contributed by atoms with Crippen molar-refractivity contribution < 1.29 is 13.9 Å². The van der Waals surface area contributed by atoms with Crippen molar-refractivity contribution in [1.82, 2.24) is 4.90 Å². The second-order valence-electron chi connectivity index (χ2n) is 5.25. The first-order chi connectivity index (χ1) is 9.06. The summed E-state index contributed by atoms with van der Waals surface area (Å²) < 4.78 is 18.6. The quantitative estimate of drug-likeness (QED) is 0.841. The molecule has 1 aromatic carbocycles. The first-order valence-electron chi connectivity index (χ1n) is 6.77. The molecule has 0 bridgehead atoms. The highest BCUT2D eigenvalue weighted by atomic mass is 19.1. The van der Waals surface area contributed by atoms with Gasteiger partial charge in [-0.15, -0.1) is 0 Å². The fourth-order valence-electron chi connectivity index (χ4n) is 2.26. The number of hydrogen-bond donors (Lipinski definition) is 0. The van der Waals surface area contributed by atoms with Crippen molar-refractivity contribution in [1.29, 1.82) is 0 Å². The highest BCUT2D eigenvalue weighted by Crippen LogP contribution is 2.20.